The van der Waals surface area contributed by atoms with Gasteiger partial charge in [0.1, 0.15) is 5.82 Å². The molecule has 0 aromatic heterocycles. The minimum atomic E-state index is -0.458. The molecule has 0 radical (unpaired) electrons. The summed E-state index contributed by atoms with van der Waals surface area (Å²) in [6, 6.07) is 3.19. The Morgan fingerprint density at radius 2 is 2.10 bits per heavy atom. The molecule has 1 aliphatic rings. The van der Waals surface area contributed by atoms with E-state index in [4.69, 9.17) is 5.73 Å². The van der Waals surface area contributed by atoms with Crippen molar-refractivity contribution in [2.45, 2.75) is 45.6 Å². The zero-order valence-electron chi connectivity index (χ0n) is 12.4. The average Bonchev–Trinajstić information content (AvgIpc) is 2.41. The average molecular weight is 278 g/mol. The number of carbonyl (C=O) groups excluding carboxylic acids is 1. The summed E-state index contributed by atoms with van der Waals surface area (Å²) in [6.07, 6.45) is 4.33. The van der Waals surface area contributed by atoms with Crippen molar-refractivity contribution >= 4 is 11.6 Å². The standard InChI is InChI=1S/C16H23FN2O/c1-10-5-4-6-13(7-10)19(3)16(20)14-9-12(18)8-11(2)15(14)17/h8-10,13H,4-7,18H2,1-3H3. The van der Waals surface area contributed by atoms with E-state index in [9.17, 15) is 9.18 Å². The summed E-state index contributed by atoms with van der Waals surface area (Å²) in [6.45, 7) is 3.83. The summed E-state index contributed by atoms with van der Waals surface area (Å²) in [7, 11) is 1.77. The lowest BCUT2D eigenvalue weighted by Crippen LogP contribution is -2.40. The maximum atomic E-state index is 14.1. The van der Waals surface area contributed by atoms with Gasteiger partial charge >= 0.3 is 0 Å². The van der Waals surface area contributed by atoms with Crippen LogP contribution in [0.15, 0.2) is 12.1 Å². The summed E-state index contributed by atoms with van der Waals surface area (Å²) in [5.74, 6) is -0.103. The van der Waals surface area contributed by atoms with E-state index >= 15 is 0 Å². The molecule has 1 amide bonds. The molecule has 110 valence electrons. The molecule has 1 aliphatic carbocycles. The quantitative estimate of drug-likeness (QED) is 0.843. The number of rotatable bonds is 2. The molecule has 0 aliphatic heterocycles. The van der Waals surface area contributed by atoms with Crippen LogP contribution in [0.5, 0.6) is 0 Å². The summed E-state index contributed by atoms with van der Waals surface area (Å²) in [4.78, 5) is 14.2. The van der Waals surface area contributed by atoms with Crippen molar-refractivity contribution in [1.82, 2.24) is 4.90 Å². The van der Waals surface area contributed by atoms with E-state index in [-0.39, 0.29) is 17.5 Å². The fourth-order valence-electron chi connectivity index (χ4n) is 3.06. The van der Waals surface area contributed by atoms with E-state index in [2.05, 4.69) is 6.92 Å². The van der Waals surface area contributed by atoms with Crippen LogP contribution >= 0.6 is 0 Å². The van der Waals surface area contributed by atoms with Gasteiger partial charge in [-0.2, -0.15) is 0 Å². The Morgan fingerprint density at radius 3 is 2.75 bits per heavy atom. The number of benzene rings is 1. The largest absolute Gasteiger partial charge is 0.399 e. The predicted octanol–water partition coefficient (Wildman–Crippen LogP) is 3.37. The Labute approximate surface area is 120 Å². The summed E-state index contributed by atoms with van der Waals surface area (Å²) in [5.41, 5.74) is 6.66. The third kappa shape index (κ3) is 2.94. The van der Waals surface area contributed by atoms with Gasteiger partial charge < -0.3 is 10.6 Å². The molecule has 0 spiro atoms. The van der Waals surface area contributed by atoms with Crippen LogP contribution in [0.1, 0.15) is 48.5 Å². The number of halogens is 1. The zero-order chi connectivity index (χ0) is 14.9. The van der Waals surface area contributed by atoms with E-state index < -0.39 is 5.82 Å². The highest BCUT2D eigenvalue weighted by Gasteiger charge is 2.27. The van der Waals surface area contributed by atoms with E-state index in [1.807, 2.05) is 0 Å². The van der Waals surface area contributed by atoms with Crippen molar-refractivity contribution in [3.63, 3.8) is 0 Å². The molecular weight excluding hydrogens is 255 g/mol. The Morgan fingerprint density at radius 1 is 1.40 bits per heavy atom. The Kier molecular flexibility index (Phi) is 4.31. The smallest absolute Gasteiger partial charge is 0.256 e. The van der Waals surface area contributed by atoms with Crippen LogP contribution in [0, 0.1) is 18.7 Å². The molecule has 1 fully saturated rings. The van der Waals surface area contributed by atoms with Gasteiger partial charge in [0.15, 0.2) is 0 Å². The van der Waals surface area contributed by atoms with Gasteiger partial charge in [0, 0.05) is 18.8 Å². The Bertz CT molecular complexity index is 515. The molecule has 0 bridgehead atoms. The number of hydrogen-bond acceptors (Lipinski definition) is 2. The monoisotopic (exact) mass is 278 g/mol. The van der Waals surface area contributed by atoms with Crippen LogP contribution in [0.2, 0.25) is 0 Å². The predicted molar refractivity (Wildman–Crippen MR) is 79.1 cm³/mol. The van der Waals surface area contributed by atoms with Crippen LogP contribution in [-0.2, 0) is 0 Å². The summed E-state index contributed by atoms with van der Waals surface area (Å²) in [5, 5.41) is 0. The Hall–Kier alpha value is -1.58. The lowest BCUT2D eigenvalue weighted by atomic mass is 9.86. The van der Waals surface area contributed by atoms with E-state index in [0.29, 0.717) is 17.2 Å². The van der Waals surface area contributed by atoms with Crippen molar-refractivity contribution in [2.24, 2.45) is 5.92 Å². The van der Waals surface area contributed by atoms with Crippen LogP contribution in [-0.4, -0.2) is 23.9 Å². The molecule has 2 unspecified atom stereocenters. The molecule has 2 rings (SSSR count). The second kappa shape index (κ2) is 5.81. The van der Waals surface area contributed by atoms with Gasteiger partial charge in [-0.25, -0.2) is 4.39 Å². The normalized spacial score (nSPS) is 22.6. The molecule has 3 nitrogen and oxygen atoms in total. The highest BCUT2D eigenvalue weighted by molar-refractivity contribution is 5.95. The fraction of sp³-hybridized carbons (Fsp3) is 0.562. The second-order valence-electron chi connectivity index (χ2n) is 6.04. The minimum absolute atomic E-state index is 0.0863. The number of aryl methyl sites for hydroxylation is 1. The molecule has 1 aromatic carbocycles. The van der Waals surface area contributed by atoms with E-state index in [1.54, 1.807) is 24.9 Å². The van der Waals surface area contributed by atoms with Gasteiger partial charge in [-0.15, -0.1) is 0 Å². The van der Waals surface area contributed by atoms with Crippen molar-refractivity contribution in [1.29, 1.82) is 0 Å². The molecular formula is C16H23FN2O. The number of anilines is 1. The van der Waals surface area contributed by atoms with Gasteiger partial charge in [0.2, 0.25) is 0 Å². The number of nitrogens with two attached hydrogens (primary N) is 1. The number of nitrogens with zero attached hydrogens (tertiary/aromatic N) is 1. The first-order valence-corrected chi connectivity index (χ1v) is 7.23. The fourth-order valence-corrected chi connectivity index (χ4v) is 3.06. The number of nitrogen functional groups attached to an aromatic ring is 1. The lowest BCUT2D eigenvalue weighted by molar-refractivity contribution is 0.0667. The highest BCUT2D eigenvalue weighted by atomic mass is 19.1. The van der Waals surface area contributed by atoms with Crippen molar-refractivity contribution in [3.8, 4) is 0 Å². The van der Waals surface area contributed by atoms with Gasteiger partial charge in [-0.05, 0) is 43.4 Å². The number of carbonyl (C=O) groups is 1. The second-order valence-corrected chi connectivity index (χ2v) is 6.04. The third-order valence-electron chi connectivity index (χ3n) is 4.28. The third-order valence-corrected chi connectivity index (χ3v) is 4.28. The highest BCUT2D eigenvalue weighted by Crippen LogP contribution is 2.28. The SMILES string of the molecule is Cc1cc(N)cc(C(=O)N(C)C2CCCC(C)C2)c1F. The molecule has 1 aromatic rings. The number of hydrogen-bond donors (Lipinski definition) is 1. The van der Waals surface area contributed by atoms with Gasteiger partial charge in [-0.3, -0.25) is 4.79 Å². The van der Waals surface area contributed by atoms with Crippen LogP contribution in [0.4, 0.5) is 10.1 Å². The molecule has 1 saturated carbocycles. The molecule has 2 N–H and O–H groups in total. The first-order chi connectivity index (χ1) is 9.40. The summed E-state index contributed by atoms with van der Waals surface area (Å²) >= 11 is 0. The number of amides is 1. The van der Waals surface area contributed by atoms with Gasteiger partial charge in [0.25, 0.3) is 5.91 Å². The molecule has 0 saturated heterocycles. The first-order valence-electron chi connectivity index (χ1n) is 7.23. The minimum Gasteiger partial charge on any atom is -0.399 e. The molecule has 2 atom stereocenters. The maximum absolute atomic E-state index is 14.1. The van der Waals surface area contributed by atoms with E-state index in [1.165, 1.54) is 12.5 Å². The van der Waals surface area contributed by atoms with Crippen LogP contribution in [0.3, 0.4) is 0 Å². The van der Waals surface area contributed by atoms with Crippen molar-refractivity contribution in [3.05, 3.63) is 29.1 Å². The first kappa shape index (κ1) is 14.8. The van der Waals surface area contributed by atoms with E-state index in [0.717, 1.165) is 19.3 Å². The van der Waals surface area contributed by atoms with Crippen LogP contribution < -0.4 is 5.73 Å². The van der Waals surface area contributed by atoms with Gasteiger partial charge in [0.05, 0.1) is 5.56 Å². The zero-order valence-corrected chi connectivity index (χ0v) is 12.4. The van der Waals surface area contributed by atoms with Gasteiger partial charge in [-0.1, -0.05) is 19.8 Å². The lowest BCUT2D eigenvalue weighted by Gasteiger charge is -2.34. The topological polar surface area (TPSA) is 46.3 Å². The Balaban J connectivity index is 2.22. The molecule has 4 heteroatoms. The van der Waals surface area contributed by atoms with Crippen molar-refractivity contribution < 1.29 is 9.18 Å². The molecule has 20 heavy (non-hydrogen) atoms. The maximum Gasteiger partial charge on any atom is 0.256 e. The van der Waals surface area contributed by atoms with Crippen molar-refractivity contribution in [2.75, 3.05) is 12.8 Å². The molecule has 0 heterocycles. The summed E-state index contributed by atoms with van der Waals surface area (Å²) < 4.78 is 14.1. The van der Waals surface area contributed by atoms with Crippen LogP contribution in [0.25, 0.3) is 0 Å².